The fraction of sp³-hybridized carbons (Fsp3) is 0.125. The first-order valence-corrected chi connectivity index (χ1v) is 12.4. The minimum absolute atomic E-state index is 0.0419. The van der Waals surface area contributed by atoms with Gasteiger partial charge in [-0.3, -0.25) is 14.5 Å². The molecule has 4 aromatic rings. The second kappa shape index (κ2) is 8.79. The molecule has 0 saturated heterocycles. The van der Waals surface area contributed by atoms with Gasteiger partial charge in [-0.25, -0.2) is 17.8 Å². The predicted octanol–water partition coefficient (Wildman–Crippen LogP) is 4.64. The number of hydrogen-bond acceptors (Lipinski definition) is 6. The van der Waals surface area contributed by atoms with Crippen molar-refractivity contribution in [1.29, 1.82) is 0 Å². The lowest BCUT2D eigenvalue weighted by Crippen LogP contribution is -2.36. The maximum atomic E-state index is 13.2. The third kappa shape index (κ3) is 4.38. The summed E-state index contributed by atoms with van der Waals surface area (Å²) in [5.74, 6) is -0.0988. The Morgan fingerprint density at radius 3 is 2.60 bits per heavy atom. The van der Waals surface area contributed by atoms with Crippen LogP contribution in [0, 0.1) is 5.82 Å². The molecule has 3 heterocycles. The third-order valence-corrected chi connectivity index (χ3v) is 7.26. The van der Waals surface area contributed by atoms with Crippen molar-refractivity contribution in [2.75, 3.05) is 22.8 Å². The lowest BCUT2D eigenvalue weighted by Gasteiger charge is -2.29. The van der Waals surface area contributed by atoms with Gasteiger partial charge in [0, 0.05) is 24.1 Å². The topological polar surface area (TPSA) is 101 Å². The summed E-state index contributed by atoms with van der Waals surface area (Å²) in [5.41, 5.74) is 2.64. The number of aromatic nitrogens is 2. The van der Waals surface area contributed by atoms with Gasteiger partial charge in [0.15, 0.2) is 10.9 Å². The number of fused-ring (bicyclic) bond motifs is 3. The summed E-state index contributed by atoms with van der Waals surface area (Å²) in [7, 11) is -4.02. The Labute approximate surface area is 205 Å². The lowest BCUT2D eigenvalue weighted by atomic mass is 10.0. The summed E-state index contributed by atoms with van der Waals surface area (Å²) >= 11 is 6.17. The van der Waals surface area contributed by atoms with Crippen LogP contribution in [-0.4, -0.2) is 37.4 Å². The second-order valence-corrected chi connectivity index (χ2v) is 9.89. The van der Waals surface area contributed by atoms with Crippen molar-refractivity contribution >= 4 is 49.8 Å². The highest BCUT2D eigenvalue weighted by molar-refractivity contribution is 7.92. The number of amides is 1. The number of nitrogens with one attached hydrogen (secondary N) is 1. The monoisotopic (exact) mass is 512 g/mol. The molecule has 178 valence electrons. The van der Waals surface area contributed by atoms with Crippen LogP contribution in [0.25, 0.3) is 22.0 Å². The molecule has 0 radical (unpaired) electrons. The number of nitrogens with zero attached hydrogens (tertiary/aromatic N) is 3. The Kier molecular flexibility index (Phi) is 5.78. The summed E-state index contributed by atoms with van der Waals surface area (Å²) in [5, 5.41) is 0.661. The molecule has 0 fully saturated rings. The van der Waals surface area contributed by atoms with Gasteiger partial charge in [0.05, 0.1) is 28.8 Å². The van der Waals surface area contributed by atoms with Gasteiger partial charge in [0.25, 0.3) is 10.0 Å². The molecule has 0 unspecified atom stereocenters. The summed E-state index contributed by atoms with van der Waals surface area (Å²) in [6.07, 6.45) is 3.13. The average molecular weight is 513 g/mol. The predicted molar refractivity (Wildman–Crippen MR) is 131 cm³/mol. The van der Waals surface area contributed by atoms with Gasteiger partial charge in [0.1, 0.15) is 18.1 Å². The van der Waals surface area contributed by atoms with Crippen molar-refractivity contribution in [1.82, 2.24) is 9.97 Å². The Hall–Kier alpha value is -3.76. The number of ether oxygens (including phenoxy) is 1. The van der Waals surface area contributed by atoms with Gasteiger partial charge in [-0.1, -0.05) is 17.7 Å². The SMILES string of the molecule is CC(=O)N1CCOc2c1cnc1ccc(-c3cnc(Cl)c(NS(=O)(=O)c4ccc(F)cc4)c3)cc21. The van der Waals surface area contributed by atoms with E-state index in [4.69, 9.17) is 16.3 Å². The van der Waals surface area contributed by atoms with Crippen molar-refractivity contribution in [2.24, 2.45) is 0 Å². The van der Waals surface area contributed by atoms with Crippen LogP contribution < -0.4 is 14.4 Å². The molecule has 2 aromatic carbocycles. The molecule has 5 rings (SSSR count). The molecule has 0 aliphatic carbocycles. The maximum Gasteiger partial charge on any atom is 0.261 e. The Morgan fingerprint density at radius 1 is 1.09 bits per heavy atom. The van der Waals surface area contributed by atoms with Gasteiger partial charge < -0.3 is 9.64 Å². The Bertz CT molecular complexity index is 1580. The molecule has 0 atom stereocenters. The van der Waals surface area contributed by atoms with Gasteiger partial charge in [-0.05, 0) is 48.0 Å². The first kappa shape index (κ1) is 23.0. The first-order valence-electron chi connectivity index (χ1n) is 10.5. The average Bonchev–Trinajstić information content (AvgIpc) is 2.84. The van der Waals surface area contributed by atoms with Crippen LogP contribution in [0.5, 0.6) is 5.75 Å². The molecular weight excluding hydrogens is 495 g/mol. The maximum absolute atomic E-state index is 13.2. The van der Waals surface area contributed by atoms with Crippen LogP contribution in [0.4, 0.5) is 15.8 Å². The highest BCUT2D eigenvalue weighted by atomic mass is 35.5. The van der Waals surface area contributed by atoms with Gasteiger partial charge in [-0.2, -0.15) is 0 Å². The normalized spacial score (nSPS) is 13.3. The summed E-state index contributed by atoms with van der Waals surface area (Å²) in [6.45, 7) is 2.28. The van der Waals surface area contributed by atoms with E-state index < -0.39 is 15.8 Å². The largest absolute Gasteiger partial charge is 0.489 e. The standard InChI is InChI=1S/C24H18ClFN4O4S/c1-14(31)30-8-9-34-23-19-10-15(2-7-20(19)27-13-22(23)30)16-11-21(24(25)28-12-16)29-35(32,33)18-5-3-17(26)4-6-18/h2-7,10-13,29H,8-9H2,1H3. The van der Waals surface area contributed by atoms with Crippen LogP contribution in [0.3, 0.4) is 0 Å². The molecule has 35 heavy (non-hydrogen) atoms. The molecule has 11 heteroatoms. The number of rotatable bonds is 4. The number of pyridine rings is 2. The van der Waals surface area contributed by atoms with Crippen LogP contribution in [0.1, 0.15) is 6.92 Å². The van der Waals surface area contributed by atoms with Crippen molar-refractivity contribution in [3.63, 3.8) is 0 Å². The number of sulfonamides is 1. The molecule has 8 nitrogen and oxygen atoms in total. The first-order chi connectivity index (χ1) is 16.7. The van der Waals surface area contributed by atoms with Crippen molar-refractivity contribution in [2.45, 2.75) is 11.8 Å². The van der Waals surface area contributed by atoms with Gasteiger partial charge in [0.2, 0.25) is 5.91 Å². The molecule has 1 aliphatic heterocycles. The van der Waals surface area contributed by atoms with E-state index in [0.717, 1.165) is 24.3 Å². The number of halogens is 2. The second-order valence-electron chi connectivity index (χ2n) is 7.85. The van der Waals surface area contributed by atoms with E-state index in [-0.39, 0.29) is 21.6 Å². The number of hydrogen-bond donors (Lipinski definition) is 1. The van der Waals surface area contributed by atoms with Crippen LogP contribution in [0.2, 0.25) is 5.15 Å². The number of carbonyl (C=O) groups excluding carboxylic acids is 1. The lowest BCUT2D eigenvalue weighted by molar-refractivity contribution is -0.116. The van der Waals surface area contributed by atoms with E-state index in [1.807, 2.05) is 12.1 Å². The van der Waals surface area contributed by atoms with E-state index >= 15 is 0 Å². The van der Waals surface area contributed by atoms with E-state index in [2.05, 4.69) is 14.7 Å². The minimum atomic E-state index is -4.02. The van der Waals surface area contributed by atoms with Crippen molar-refractivity contribution in [3.8, 4) is 16.9 Å². The number of carbonyl (C=O) groups is 1. The number of benzene rings is 2. The third-order valence-electron chi connectivity index (χ3n) is 5.57. The Balaban J connectivity index is 1.55. The number of anilines is 2. The molecule has 1 amide bonds. The van der Waals surface area contributed by atoms with Gasteiger partial charge in [-0.15, -0.1) is 0 Å². The van der Waals surface area contributed by atoms with Crippen LogP contribution in [-0.2, 0) is 14.8 Å². The highest BCUT2D eigenvalue weighted by Crippen LogP contribution is 2.39. The highest BCUT2D eigenvalue weighted by Gasteiger charge is 2.24. The molecular formula is C24H18ClFN4O4S. The van der Waals surface area contributed by atoms with Crippen molar-refractivity contribution < 1.29 is 22.3 Å². The van der Waals surface area contributed by atoms with E-state index in [9.17, 15) is 17.6 Å². The zero-order valence-corrected chi connectivity index (χ0v) is 19.9. The molecule has 0 spiro atoms. The fourth-order valence-corrected chi connectivity index (χ4v) is 5.13. The molecule has 1 N–H and O–H groups in total. The van der Waals surface area contributed by atoms with E-state index in [1.165, 1.54) is 13.1 Å². The minimum Gasteiger partial charge on any atom is -0.489 e. The molecule has 0 saturated carbocycles. The van der Waals surface area contributed by atoms with E-state index in [1.54, 1.807) is 23.2 Å². The summed E-state index contributed by atoms with van der Waals surface area (Å²) in [6, 6.07) is 11.5. The fourth-order valence-electron chi connectivity index (χ4n) is 3.86. The molecule has 2 aromatic heterocycles. The zero-order chi connectivity index (χ0) is 24.7. The van der Waals surface area contributed by atoms with Crippen LogP contribution >= 0.6 is 11.6 Å². The Morgan fingerprint density at radius 2 is 1.86 bits per heavy atom. The quantitative estimate of drug-likeness (QED) is 0.400. The summed E-state index contributed by atoms with van der Waals surface area (Å²) in [4.78, 5) is 22.1. The van der Waals surface area contributed by atoms with E-state index in [0.29, 0.717) is 46.6 Å². The molecule has 1 aliphatic rings. The summed E-state index contributed by atoms with van der Waals surface area (Å²) < 4.78 is 47.0. The van der Waals surface area contributed by atoms with Gasteiger partial charge >= 0.3 is 0 Å². The smallest absolute Gasteiger partial charge is 0.261 e. The molecule has 0 bridgehead atoms. The van der Waals surface area contributed by atoms with Crippen LogP contribution in [0.15, 0.2) is 65.8 Å². The zero-order valence-electron chi connectivity index (χ0n) is 18.3. The van der Waals surface area contributed by atoms with Crippen molar-refractivity contribution in [3.05, 3.63) is 71.9 Å².